The summed E-state index contributed by atoms with van der Waals surface area (Å²) in [4.78, 5) is 0. The SMILES string of the molecule is [c]1ccc(C2=Cc3cccc4cccc2c34)cc1. The largest absolute Gasteiger partial charge is 0.0610 e. The highest BCUT2D eigenvalue weighted by Gasteiger charge is 2.16. The molecule has 0 bridgehead atoms. The second-order valence-corrected chi connectivity index (χ2v) is 4.60. The summed E-state index contributed by atoms with van der Waals surface area (Å²) in [6.07, 6.45) is 2.28. The van der Waals surface area contributed by atoms with Gasteiger partial charge < -0.3 is 0 Å². The quantitative estimate of drug-likeness (QED) is 0.448. The Balaban J connectivity index is 2.04. The number of hydrogen-bond acceptors (Lipinski definition) is 0. The van der Waals surface area contributed by atoms with Crippen molar-refractivity contribution in [2.45, 2.75) is 0 Å². The Labute approximate surface area is 106 Å². The van der Waals surface area contributed by atoms with Crippen LogP contribution < -0.4 is 0 Å². The maximum atomic E-state index is 3.07. The minimum Gasteiger partial charge on any atom is -0.0610 e. The van der Waals surface area contributed by atoms with Gasteiger partial charge in [0.15, 0.2) is 0 Å². The van der Waals surface area contributed by atoms with Gasteiger partial charge in [-0.05, 0) is 45.2 Å². The van der Waals surface area contributed by atoms with Gasteiger partial charge in [-0.2, -0.15) is 0 Å². The first-order chi connectivity index (χ1) is 8.93. The predicted molar refractivity (Wildman–Crippen MR) is 76.2 cm³/mol. The minimum atomic E-state index is 1.26. The third-order valence-corrected chi connectivity index (χ3v) is 3.56. The van der Waals surface area contributed by atoms with E-state index in [1.165, 1.54) is 33.0 Å². The van der Waals surface area contributed by atoms with Crippen molar-refractivity contribution < 1.29 is 0 Å². The summed E-state index contributed by atoms with van der Waals surface area (Å²) < 4.78 is 0. The highest BCUT2D eigenvalue weighted by molar-refractivity contribution is 6.12. The highest BCUT2D eigenvalue weighted by Crippen LogP contribution is 2.39. The van der Waals surface area contributed by atoms with Crippen LogP contribution in [0.1, 0.15) is 16.7 Å². The Morgan fingerprint density at radius 3 is 2.39 bits per heavy atom. The highest BCUT2D eigenvalue weighted by atomic mass is 14.2. The van der Waals surface area contributed by atoms with Crippen molar-refractivity contribution in [1.82, 2.24) is 0 Å². The molecule has 0 aliphatic heterocycles. The Bertz CT molecular complexity index is 759. The van der Waals surface area contributed by atoms with Gasteiger partial charge in [-0.25, -0.2) is 0 Å². The van der Waals surface area contributed by atoms with E-state index in [4.69, 9.17) is 0 Å². The molecule has 1 aliphatic carbocycles. The fraction of sp³-hybridized carbons (Fsp3) is 0. The zero-order valence-corrected chi connectivity index (χ0v) is 9.85. The van der Waals surface area contributed by atoms with Gasteiger partial charge in [0.2, 0.25) is 0 Å². The molecule has 3 aromatic carbocycles. The van der Waals surface area contributed by atoms with Gasteiger partial charge in [0, 0.05) is 0 Å². The molecule has 4 rings (SSSR count). The molecule has 1 radical (unpaired) electrons. The van der Waals surface area contributed by atoms with Crippen molar-refractivity contribution in [3.8, 4) is 0 Å². The van der Waals surface area contributed by atoms with Crippen LogP contribution in [0.5, 0.6) is 0 Å². The fourth-order valence-corrected chi connectivity index (χ4v) is 2.75. The van der Waals surface area contributed by atoms with E-state index >= 15 is 0 Å². The van der Waals surface area contributed by atoms with E-state index < -0.39 is 0 Å². The summed E-state index contributed by atoms with van der Waals surface area (Å²) in [5.74, 6) is 0. The maximum Gasteiger partial charge on any atom is -0.00324 e. The van der Waals surface area contributed by atoms with Crippen LogP contribution in [0.15, 0.2) is 60.7 Å². The molecule has 0 N–H and O–H groups in total. The van der Waals surface area contributed by atoms with E-state index in [-0.39, 0.29) is 0 Å². The van der Waals surface area contributed by atoms with Crippen LogP contribution in [-0.2, 0) is 0 Å². The second-order valence-electron chi connectivity index (χ2n) is 4.60. The number of benzene rings is 3. The molecule has 0 unspecified atom stereocenters. The first kappa shape index (κ1) is 9.67. The van der Waals surface area contributed by atoms with Crippen molar-refractivity contribution in [2.24, 2.45) is 0 Å². The predicted octanol–water partition coefficient (Wildman–Crippen LogP) is 4.54. The van der Waals surface area contributed by atoms with Gasteiger partial charge in [-0.15, -0.1) is 0 Å². The van der Waals surface area contributed by atoms with Gasteiger partial charge in [0.1, 0.15) is 0 Å². The molecular formula is C18H11. The fourth-order valence-electron chi connectivity index (χ4n) is 2.75. The maximum absolute atomic E-state index is 3.07. The Morgan fingerprint density at radius 2 is 1.56 bits per heavy atom. The lowest BCUT2D eigenvalue weighted by molar-refractivity contribution is 1.60. The van der Waals surface area contributed by atoms with Crippen LogP contribution in [-0.4, -0.2) is 0 Å². The summed E-state index contributed by atoms with van der Waals surface area (Å²) in [7, 11) is 0. The van der Waals surface area contributed by atoms with Gasteiger partial charge >= 0.3 is 0 Å². The molecule has 0 heterocycles. The molecule has 0 nitrogen and oxygen atoms in total. The number of hydrogen-bond donors (Lipinski definition) is 0. The first-order valence-corrected chi connectivity index (χ1v) is 6.14. The van der Waals surface area contributed by atoms with Crippen LogP contribution in [0.25, 0.3) is 22.4 Å². The molecule has 0 heteroatoms. The third-order valence-electron chi connectivity index (χ3n) is 3.56. The summed E-state index contributed by atoms with van der Waals surface area (Å²) in [6, 6.07) is 24.3. The van der Waals surface area contributed by atoms with E-state index in [0.29, 0.717) is 0 Å². The summed E-state index contributed by atoms with van der Waals surface area (Å²) >= 11 is 0. The monoisotopic (exact) mass is 227 g/mol. The lowest BCUT2D eigenvalue weighted by Gasteiger charge is -2.05. The van der Waals surface area contributed by atoms with Gasteiger partial charge in [0.25, 0.3) is 0 Å². The molecule has 1 aliphatic rings. The molecular weight excluding hydrogens is 216 g/mol. The minimum absolute atomic E-state index is 1.26. The molecule has 0 spiro atoms. The molecule has 0 saturated heterocycles. The molecule has 3 aromatic rings. The molecule has 0 atom stereocenters. The van der Waals surface area contributed by atoms with E-state index in [1.807, 2.05) is 12.1 Å². The summed E-state index contributed by atoms with van der Waals surface area (Å²) in [5, 5.41) is 2.70. The van der Waals surface area contributed by atoms with Gasteiger partial charge in [-0.3, -0.25) is 0 Å². The zero-order chi connectivity index (χ0) is 11.9. The molecule has 0 amide bonds. The van der Waals surface area contributed by atoms with Crippen LogP contribution in [0.4, 0.5) is 0 Å². The van der Waals surface area contributed by atoms with Crippen molar-refractivity contribution >= 4 is 22.4 Å². The van der Waals surface area contributed by atoms with Crippen molar-refractivity contribution in [3.63, 3.8) is 0 Å². The summed E-state index contributed by atoms with van der Waals surface area (Å²) in [5.41, 5.74) is 5.24. The van der Waals surface area contributed by atoms with Crippen LogP contribution in [0.3, 0.4) is 0 Å². The lowest BCUT2D eigenvalue weighted by Crippen LogP contribution is -1.84. The Morgan fingerprint density at radius 1 is 0.778 bits per heavy atom. The zero-order valence-electron chi connectivity index (χ0n) is 9.85. The lowest BCUT2D eigenvalue weighted by atomic mass is 9.98. The topological polar surface area (TPSA) is 0 Å². The first-order valence-electron chi connectivity index (χ1n) is 6.14. The van der Waals surface area contributed by atoms with Crippen LogP contribution >= 0.6 is 0 Å². The third kappa shape index (κ3) is 1.26. The smallest absolute Gasteiger partial charge is 0.00324 e. The molecule has 0 saturated carbocycles. The van der Waals surface area contributed by atoms with E-state index in [0.717, 1.165) is 0 Å². The molecule has 0 aromatic heterocycles. The Hall–Kier alpha value is -2.34. The number of rotatable bonds is 1. The van der Waals surface area contributed by atoms with Gasteiger partial charge in [0.05, 0.1) is 0 Å². The average Bonchev–Trinajstić information content (AvgIpc) is 2.82. The second kappa shape index (κ2) is 3.58. The summed E-state index contributed by atoms with van der Waals surface area (Å²) in [6.45, 7) is 0. The van der Waals surface area contributed by atoms with Crippen LogP contribution in [0.2, 0.25) is 0 Å². The van der Waals surface area contributed by atoms with Crippen LogP contribution in [0, 0.1) is 6.07 Å². The van der Waals surface area contributed by atoms with Gasteiger partial charge in [-0.1, -0.05) is 60.7 Å². The average molecular weight is 227 g/mol. The normalized spacial score (nSPS) is 12.8. The molecule has 83 valence electrons. The molecule has 0 fully saturated rings. The van der Waals surface area contributed by atoms with Crippen molar-refractivity contribution in [1.29, 1.82) is 0 Å². The standard InChI is InChI=1S/C18H11/c1-2-6-13(7-3-1)17-12-15-10-4-8-14-9-5-11-16(17)18(14)15/h2-12H. The van der Waals surface area contributed by atoms with E-state index in [2.05, 4.69) is 60.7 Å². The Kier molecular flexibility index (Phi) is 1.92. The van der Waals surface area contributed by atoms with Crippen molar-refractivity contribution in [3.05, 3.63) is 83.4 Å². The molecule has 18 heavy (non-hydrogen) atoms. The van der Waals surface area contributed by atoms with E-state index in [1.54, 1.807) is 0 Å². The van der Waals surface area contributed by atoms with Crippen molar-refractivity contribution in [2.75, 3.05) is 0 Å². The van der Waals surface area contributed by atoms with E-state index in [9.17, 15) is 0 Å².